The third-order valence-electron chi connectivity index (χ3n) is 3.73. The first-order chi connectivity index (χ1) is 8.52. The third-order valence-corrected chi connectivity index (χ3v) is 3.73. The Morgan fingerprint density at radius 1 is 1.33 bits per heavy atom. The highest BCUT2D eigenvalue weighted by Gasteiger charge is 2.27. The van der Waals surface area contributed by atoms with Gasteiger partial charge in [0.2, 0.25) is 0 Å². The normalized spacial score (nSPS) is 23.4. The Balaban J connectivity index is 2.29. The zero-order valence-electron chi connectivity index (χ0n) is 11.3. The molecule has 1 fully saturated rings. The summed E-state index contributed by atoms with van der Waals surface area (Å²) in [5, 5.41) is 11.3. The molecule has 2 N–H and O–H groups in total. The van der Waals surface area contributed by atoms with Crippen LogP contribution in [0.1, 0.15) is 45.4 Å². The Hall–Kier alpha value is -1.26. The van der Waals surface area contributed by atoms with Gasteiger partial charge in [-0.25, -0.2) is 4.79 Å². The van der Waals surface area contributed by atoms with E-state index in [1.165, 1.54) is 19.3 Å². The molecule has 0 aromatic carbocycles. The van der Waals surface area contributed by atoms with Crippen molar-refractivity contribution in [3.63, 3.8) is 0 Å². The van der Waals surface area contributed by atoms with Crippen molar-refractivity contribution in [2.45, 2.75) is 51.5 Å². The first-order valence-electron chi connectivity index (χ1n) is 6.75. The zero-order chi connectivity index (χ0) is 13.5. The predicted octanol–water partition coefficient (Wildman–Crippen LogP) is 2.07. The van der Waals surface area contributed by atoms with E-state index in [0.29, 0.717) is 24.9 Å². The average Bonchev–Trinajstić information content (AvgIpc) is 2.34. The molecule has 2 unspecified atom stereocenters. The summed E-state index contributed by atoms with van der Waals surface area (Å²) >= 11 is 0. The molecule has 0 aliphatic heterocycles. The average molecular weight is 256 g/mol. The van der Waals surface area contributed by atoms with Crippen LogP contribution in [0.3, 0.4) is 0 Å². The van der Waals surface area contributed by atoms with Crippen molar-refractivity contribution >= 4 is 12.0 Å². The standard InChI is InChI=1S/C13H24N2O3/c1-10-6-3-4-7-11(10)15(2)13(18)14-9-5-8-12(16)17/h10-11H,3-9H2,1-2H3,(H,14,18)(H,16,17). The van der Waals surface area contributed by atoms with Gasteiger partial charge in [-0.15, -0.1) is 0 Å². The van der Waals surface area contributed by atoms with Crippen molar-refractivity contribution < 1.29 is 14.7 Å². The molecule has 104 valence electrons. The summed E-state index contributed by atoms with van der Waals surface area (Å²) in [6.45, 7) is 2.62. The second-order valence-electron chi connectivity index (χ2n) is 5.17. The smallest absolute Gasteiger partial charge is 0.317 e. The molecule has 0 saturated heterocycles. The molecule has 0 aromatic heterocycles. The summed E-state index contributed by atoms with van der Waals surface area (Å²) in [7, 11) is 1.83. The van der Waals surface area contributed by atoms with E-state index < -0.39 is 5.97 Å². The van der Waals surface area contributed by atoms with E-state index in [1.807, 2.05) is 7.05 Å². The quantitative estimate of drug-likeness (QED) is 0.740. The number of carboxylic acid groups (broad SMARTS) is 1. The van der Waals surface area contributed by atoms with Crippen LogP contribution in [0.4, 0.5) is 4.79 Å². The molecule has 5 nitrogen and oxygen atoms in total. The van der Waals surface area contributed by atoms with Gasteiger partial charge in [0, 0.05) is 26.1 Å². The molecule has 2 amide bonds. The molecule has 0 heterocycles. The molecule has 18 heavy (non-hydrogen) atoms. The fourth-order valence-corrected chi connectivity index (χ4v) is 2.58. The maximum absolute atomic E-state index is 11.9. The SMILES string of the molecule is CC1CCCCC1N(C)C(=O)NCCCC(=O)O. The molecule has 0 bridgehead atoms. The van der Waals surface area contributed by atoms with Gasteiger partial charge in [-0.3, -0.25) is 4.79 Å². The fraction of sp³-hybridized carbons (Fsp3) is 0.846. The lowest BCUT2D eigenvalue weighted by Crippen LogP contribution is -2.47. The molecule has 1 rings (SSSR count). The van der Waals surface area contributed by atoms with Gasteiger partial charge in [-0.05, 0) is 25.2 Å². The predicted molar refractivity (Wildman–Crippen MR) is 69.5 cm³/mol. The van der Waals surface area contributed by atoms with Gasteiger partial charge in [0.05, 0.1) is 0 Å². The highest BCUT2D eigenvalue weighted by molar-refractivity contribution is 5.74. The number of hydrogen-bond acceptors (Lipinski definition) is 2. The summed E-state index contributed by atoms with van der Waals surface area (Å²) < 4.78 is 0. The number of amides is 2. The molecule has 1 saturated carbocycles. The van der Waals surface area contributed by atoms with Gasteiger partial charge in [-0.1, -0.05) is 19.8 Å². The van der Waals surface area contributed by atoms with Crippen molar-refractivity contribution in [2.24, 2.45) is 5.92 Å². The Morgan fingerprint density at radius 2 is 2.00 bits per heavy atom. The van der Waals surface area contributed by atoms with Crippen LogP contribution in [0.25, 0.3) is 0 Å². The number of aliphatic carboxylic acids is 1. The fourth-order valence-electron chi connectivity index (χ4n) is 2.58. The van der Waals surface area contributed by atoms with E-state index in [1.54, 1.807) is 4.90 Å². The first kappa shape index (κ1) is 14.8. The highest BCUT2D eigenvalue weighted by Crippen LogP contribution is 2.27. The number of rotatable bonds is 5. The number of urea groups is 1. The molecular formula is C13H24N2O3. The first-order valence-corrected chi connectivity index (χ1v) is 6.75. The van der Waals surface area contributed by atoms with Gasteiger partial charge < -0.3 is 15.3 Å². The van der Waals surface area contributed by atoms with Gasteiger partial charge in [-0.2, -0.15) is 0 Å². The molecule has 1 aliphatic rings. The van der Waals surface area contributed by atoms with Crippen LogP contribution in [-0.2, 0) is 4.79 Å². The van der Waals surface area contributed by atoms with Gasteiger partial charge in [0.1, 0.15) is 0 Å². The summed E-state index contributed by atoms with van der Waals surface area (Å²) in [6.07, 6.45) is 5.28. The summed E-state index contributed by atoms with van der Waals surface area (Å²) in [4.78, 5) is 24.0. The molecule has 2 atom stereocenters. The number of carboxylic acids is 1. The number of hydrogen-bond donors (Lipinski definition) is 2. The molecule has 0 aromatic rings. The largest absolute Gasteiger partial charge is 0.481 e. The minimum atomic E-state index is -0.821. The van der Waals surface area contributed by atoms with Crippen LogP contribution in [-0.4, -0.2) is 41.6 Å². The Morgan fingerprint density at radius 3 is 2.61 bits per heavy atom. The van der Waals surface area contributed by atoms with E-state index in [4.69, 9.17) is 5.11 Å². The lowest BCUT2D eigenvalue weighted by molar-refractivity contribution is -0.137. The van der Waals surface area contributed by atoms with Crippen LogP contribution >= 0.6 is 0 Å². The van der Waals surface area contributed by atoms with Crippen LogP contribution in [0.15, 0.2) is 0 Å². The molecule has 0 radical (unpaired) electrons. The Labute approximate surface area is 109 Å². The van der Waals surface area contributed by atoms with Crippen molar-refractivity contribution in [1.29, 1.82) is 0 Å². The number of nitrogens with one attached hydrogen (secondary N) is 1. The molecule has 1 aliphatic carbocycles. The topological polar surface area (TPSA) is 69.6 Å². The van der Waals surface area contributed by atoms with E-state index in [0.717, 1.165) is 6.42 Å². The maximum Gasteiger partial charge on any atom is 0.317 e. The minimum absolute atomic E-state index is 0.0841. The summed E-state index contributed by atoms with van der Waals surface area (Å²) in [5.41, 5.74) is 0. The lowest BCUT2D eigenvalue weighted by Gasteiger charge is -2.36. The van der Waals surface area contributed by atoms with Gasteiger partial charge in [0.15, 0.2) is 0 Å². The number of nitrogens with zero attached hydrogens (tertiary/aromatic N) is 1. The van der Waals surface area contributed by atoms with Crippen LogP contribution in [0, 0.1) is 5.92 Å². The van der Waals surface area contributed by atoms with Crippen LogP contribution in [0.2, 0.25) is 0 Å². The van der Waals surface area contributed by atoms with Crippen LogP contribution in [0.5, 0.6) is 0 Å². The monoisotopic (exact) mass is 256 g/mol. The Bertz CT molecular complexity index is 294. The zero-order valence-corrected chi connectivity index (χ0v) is 11.3. The molecule has 0 spiro atoms. The van der Waals surface area contributed by atoms with Crippen molar-refractivity contribution in [1.82, 2.24) is 10.2 Å². The third kappa shape index (κ3) is 4.55. The Kier molecular flexibility index (Phi) is 5.95. The van der Waals surface area contributed by atoms with Gasteiger partial charge in [0.25, 0.3) is 0 Å². The highest BCUT2D eigenvalue weighted by atomic mass is 16.4. The van der Waals surface area contributed by atoms with E-state index in [-0.39, 0.29) is 12.5 Å². The minimum Gasteiger partial charge on any atom is -0.481 e. The molecular weight excluding hydrogens is 232 g/mol. The maximum atomic E-state index is 11.9. The van der Waals surface area contributed by atoms with Crippen molar-refractivity contribution in [3.05, 3.63) is 0 Å². The van der Waals surface area contributed by atoms with Crippen molar-refractivity contribution in [3.8, 4) is 0 Å². The summed E-state index contributed by atoms with van der Waals surface area (Å²) in [5.74, 6) is -0.271. The van der Waals surface area contributed by atoms with E-state index in [9.17, 15) is 9.59 Å². The number of carbonyl (C=O) groups excluding carboxylic acids is 1. The second kappa shape index (κ2) is 7.24. The van der Waals surface area contributed by atoms with E-state index in [2.05, 4.69) is 12.2 Å². The van der Waals surface area contributed by atoms with E-state index >= 15 is 0 Å². The van der Waals surface area contributed by atoms with Gasteiger partial charge >= 0.3 is 12.0 Å². The van der Waals surface area contributed by atoms with Crippen molar-refractivity contribution in [2.75, 3.05) is 13.6 Å². The van der Waals surface area contributed by atoms with Crippen LogP contribution < -0.4 is 5.32 Å². The second-order valence-corrected chi connectivity index (χ2v) is 5.17. The lowest BCUT2D eigenvalue weighted by atomic mass is 9.85. The summed E-state index contributed by atoms with van der Waals surface area (Å²) in [6, 6.07) is 0.234. The number of carbonyl (C=O) groups is 2. The molecule has 5 heteroatoms.